The fourth-order valence-electron chi connectivity index (χ4n) is 2.37. The van der Waals surface area contributed by atoms with Gasteiger partial charge < -0.3 is 9.84 Å². The summed E-state index contributed by atoms with van der Waals surface area (Å²) >= 11 is 5.93. The highest BCUT2D eigenvalue weighted by Gasteiger charge is 2.40. The van der Waals surface area contributed by atoms with E-state index in [1.165, 1.54) is 12.1 Å². The zero-order valence-corrected chi connectivity index (χ0v) is 10.8. The van der Waals surface area contributed by atoms with Crippen LogP contribution in [0.15, 0.2) is 12.1 Å². The van der Waals surface area contributed by atoms with Crippen molar-refractivity contribution in [2.24, 2.45) is 0 Å². The summed E-state index contributed by atoms with van der Waals surface area (Å²) in [7, 11) is 0. The average Bonchev–Trinajstić information content (AvgIpc) is 2.57. The number of aliphatic hydroxyl groups is 1. The van der Waals surface area contributed by atoms with Gasteiger partial charge in [-0.25, -0.2) is 4.39 Å². The van der Waals surface area contributed by atoms with Crippen LogP contribution >= 0.6 is 11.6 Å². The Morgan fingerprint density at radius 1 is 1.61 bits per heavy atom. The summed E-state index contributed by atoms with van der Waals surface area (Å²) < 4.78 is 18.2. The number of hydrogen-bond donors (Lipinski definition) is 1. The van der Waals surface area contributed by atoms with E-state index in [0.717, 1.165) is 0 Å². The van der Waals surface area contributed by atoms with Crippen LogP contribution < -0.4 is 0 Å². The van der Waals surface area contributed by atoms with Crippen LogP contribution in [0, 0.1) is 5.82 Å². The monoisotopic (exact) mass is 272 g/mol. The third-order valence-corrected chi connectivity index (χ3v) is 3.53. The summed E-state index contributed by atoms with van der Waals surface area (Å²) in [4.78, 5) is 11.5. The van der Waals surface area contributed by atoms with Gasteiger partial charge in [0.25, 0.3) is 0 Å². The van der Waals surface area contributed by atoms with Crippen LogP contribution in [-0.2, 0) is 21.6 Å². The van der Waals surface area contributed by atoms with E-state index in [1.807, 2.05) is 0 Å². The van der Waals surface area contributed by atoms with Crippen LogP contribution in [0.25, 0.3) is 0 Å². The van der Waals surface area contributed by atoms with Crippen molar-refractivity contribution < 1.29 is 19.0 Å². The molecule has 0 saturated carbocycles. The molecule has 0 aromatic heterocycles. The van der Waals surface area contributed by atoms with Crippen LogP contribution in [0.1, 0.15) is 30.9 Å². The van der Waals surface area contributed by atoms with Gasteiger partial charge in [-0.05, 0) is 43.0 Å². The van der Waals surface area contributed by atoms with E-state index >= 15 is 0 Å². The lowest BCUT2D eigenvalue weighted by molar-refractivity contribution is -0.149. The van der Waals surface area contributed by atoms with E-state index in [0.29, 0.717) is 29.0 Å². The first kappa shape index (κ1) is 13.3. The molecule has 0 heterocycles. The second kappa shape index (κ2) is 4.86. The Balaban J connectivity index is 2.32. The molecule has 1 aromatic rings. The highest BCUT2D eigenvalue weighted by molar-refractivity contribution is 6.31. The molecule has 1 N–H and O–H groups in total. The zero-order chi connectivity index (χ0) is 13.3. The van der Waals surface area contributed by atoms with Crippen LogP contribution in [0.4, 0.5) is 4.39 Å². The third kappa shape index (κ3) is 2.35. The molecular formula is C13H14ClFO3. The van der Waals surface area contributed by atoms with Crippen molar-refractivity contribution in [3.63, 3.8) is 0 Å². The second-order valence-electron chi connectivity index (χ2n) is 4.43. The summed E-state index contributed by atoms with van der Waals surface area (Å²) in [6.45, 7) is 1.95. The summed E-state index contributed by atoms with van der Waals surface area (Å²) in [5, 5.41) is 10.8. The number of benzene rings is 1. The van der Waals surface area contributed by atoms with E-state index in [1.54, 1.807) is 6.92 Å². The maximum Gasteiger partial charge on any atom is 0.309 e. The molecule has 0 bridgehead atoms. The Labute approximate surface area is 110 Å². The van der Waals surface area contributed by atoms with Gasteiger partial charge in [-0.2, -0.15) is 0 Å². The highest BCUT2D eigenvalue weighted by Crippen LogP contribution is 2.42. The van der Waals surface area contributed by atoms with Gasteiger partial charge in [0.2, 0.25) is 0 Å². The summed E-state index contributed by atoms with van der Waals surface area (Å²) in [6.07, 6.45) is 0.711. The van der Waals surface area contributed by atoms with Gasteiger partial charge in [-0.15, -0.1) is 0 Å². The van der Waals surface area contributed by atoms with Gasteiger partial charge in [0.15, 0.2) is 0 Å². The predicted molar refractivity (Wildman–Crippen MR) is 64.9 cm³/mol. The Kier molecular flexibility index (Phi) is 3.59. The standard InChI is InChI=1S/C13H14ClFO3/c1-2-18-12(16)7-13(17)4-3-9-10(13)5-8(15)6-11(9)14/h5-6,17H,2-4,7H2,1H3. The quantitative estimate of drug-likeness (QED) is 0.860. The predicted octanol–water partition coefficient (Wildman–Crippen LogP) is 2.57. The van der Waals surface area contributed by atoms with Gasteiger partial charge in [-0.1, -0.05) is 11.6 Å². The number of fused-ring (bicyclic) bond motifs is 1. The Morgan fingerprint density at radius 2 is 2.33 bits per heavy atom. The van der Waals surface area contributed by atoms with Crippen molar-refractivity contribution in [1.82, 2.24) is 0 Å². The lowest BCUT2D eigenvalue weighted by Crippen LogP contribution is -2.27. The molecule has 0 spiro atoms. The number of halogens is 2. The summed E-state index contributed by atoms with van der Waals surface area (Å²) in [5.74, 6) is -1.00. The molecule has 0 saturated heterocycles. The molecule has 0 fully saturated rings. The maximum absolute atomic E-state index is 13.3. The first-order valence-electron chi connectivity index (χ1n) is 5.82. The normalized spacial score (nSPS) is 21.8. The molecule has 3 nitrogen and oxygen atoms in total. The van der Waals surface area contributed by atoms with E-state index in [2.05, 4.69) is 0 Å². The molecule has 0 amide bonds. The van der Waals surface area contributed by atoms with E-state index < -0.39 is 17.4 Å². The molecule has 1 aliphatic carbocycles. The van der Waals surface area contributed by atoms with Crippen molar-refractivity contribution in [2.45, 2.75) is 31.8 Å². The van der Waals surface area contributed by atoms with Crippen LogP contribution in [0.5, 0.6) is 0 Å². The van der Waals surface area contributed by atoms with Gasteiger partial charge >= 0.3 is 5.97 Å². The lowest BCUT2D eigenvalue weighted by Gasteiger charge is -2.23. The van der Waals surface area contributed by atoms with Crippen molar-refractivity contribution in [3.8, 4) is 0 Å². The number of carbonyl (C=O) groups excluding carboxylic acids is 1. The molecule has 18 heavy (non-hydrogen) atoms. The van der Waals surface area contributed by atoms with Gasteiger partial charge in [0, 0.05) is 5.02 Å². The van der Waals surface area contributed by atoms with E-state index in [9.17, 15) is 14.3 Å². The topological polar surface area (TPSA) is 46.5 Å². The minimum absolute atomic E-state index is 0.173. The molecule has 1 unspecified atom stereocenters. The van der Waals surface area contributed by atoms with Crippen LogP contribution in [-0.4, -0.2) is 17.7 Å². The summed E-state index contributed by atoms with van der Waals surface area (Å²) in [5.41, 5.74) is -0.252. The summed E-state index contributed by atoms with van der Waals surface area (Å²) in [6, 6.07) is 2.46. The van der Waals surface area contributed by atoms with Crippen LogP contribution in [0.2, 0.25) is 5.02 Å². The minimum atomic E-state index is -1.37. The molecule has 1 aromatic carbocycles. The van der Waals surface area contributed by atoms with Crippen molar-refractivity contribution in [3.05, 3.63) is 34.1 Å². The molecule has 2 rings (SSSR count). The SMILES string of the molecule is CCOC(=O)CC1(O)CCc2c(Cl)cc(F)cc21. The first-order chi connectivity index (χ1) is 8.46. The largest absolute Gasteiger partial charge is 0.466 e. The molecule has 1 aliphatic rings. The molecule has 0 aliphatic heterocycles. The van der Waals surface area contributed by atoms with E-state index in [4.69, 9.17) is 16.3 Å². The molecule has 0 radical (unpaired) electrons. The second-order valence-corrected chi connectivity index (χ2v) is 4.83. The van der Waals surface area contributed by atoms with Gasteiger partial charge in [0.05, 0.1) is 13.0 Å². The third-order valence-electron chi connectivity index (χ3n) is 3.19. The first-order valence-corrected chi connectivity index (χ1v) is 6.20. The van der Waals surface area contributed by atoms with Gasteiger partial charge in [-0.3, -0.25) is 4.79 Å². The van der Waals surface area contributed by atoms with Crippen molar-refractivity contribution >= 4 is 17.6 Å². The van der Waals surface area contributed by atoms with Crippen molar-refractivity contribution in [2.75, 3.05) is 6.61 Å². The number of rotatable bonds is 3. The van der Waals surface area contributed by atoms with E-state index in [-0.39, 0.29) is 13.0 Å². The Morgan fingerprint density at radius 3 is 3.00 bits per heavy atom. The lowest BCUT2D eigenvalue weighted by atomic mass is 9.92. The smallest absolute Gasteiger partial charge is 0.309 e. The number of ether oxygens (including phenoxy) is 1. The number of hydrogen-bond acceptors (Lipinski definition) is 3. The fraction of sp³-hybridized carbons (Fsp3) is 0.462. The molecule has 1 atom stereocenters. The fourth-order valence-corrected chi connectivity index (χ4v) is 2.67. The maximum atomic E-state index is 13.3. The molecule has 5 heteroatoms. The van der Waals surface area contributed by atoms with Crippen LogP contribution in [0.3, 0.4) is 0 Å². The zero-order valence-electron chi connectivity index (χ0n) is 10.0. The number of carbonyl (C=O) groups is 1. The van der Waals surface area contributed by atoms with Crippen molar-refractivity contribution in [1.29, 1.82) is 0 Å². The highest BCUT2D eigenvalue weighted by atomic mass is 35.5. The average molecular weight is 273 g/mol. The Hall–Kier alpha value is -1.13. The molecule has 98 valence electrons. The molecular weight excluding hydrogens is 259 g/mol. The number of esters is 1. The Bertz CT molecular complexity index is 489. The minimum Gasteiger partial charge on any atom is -0.466 e. The van der Waals surface area contributed by atoms with Gasteiger partial charge in [0.1, 0.15) is 11.4 Å².